The lowest BCUT2D eigenvalue weighted by atomic mass is 10.0. The van der Waals surface area contributed by atoms with Crippen LogP contribution in [0.4, 0.5) is 0 Å². The van der Waals surface area contributed by atoms with E-state index in [4.69, 9.17) is 4.74 Å². The first kappa shape index (κ1) is 10.7. The minimum Gasteiger partial charge on any atom is -0.456 e. The second-order valence-corrected chi connectivity index (χ2v) is 3.45. The molecule has 0 unspecified atom stereocenters. The number of ether oxygens (including phenoxy) is 1. The fraction of sp³-hybridized carbons (Fsp3) is 0.200. The summed E-state index contributed by atoms with van der Waals surface area (Å²) in [6.07, 6.45) is 9.51. The summed E-state index contributed by atoms with van der Waals surface area (Å²) in [6.45, 7) is 4.00. The third-order valence-corrected chi connectivity index (χ3v) is 2.47. The highest BCUT2D eigenvalue weighted by atomic mass is 16.5. The van der Waals surface area contributed by atoms with E-state index in [9.17, 15) is 0 Å². The molecule has 3 rings (SSSR count). The molecule has 1 aliphatic carbocycles. The zero-order valence-electron chi connectivity index (χ0n) is 9.73. The average molecular weight is 212 g/mol. The number of rotatable bonds is 0. The standard InChI is InChI=1S/C13H10O.C2H6/c1-3-7-12-10(5-1)9-11-6-2-4-8-13(11)14-12;1-2/h1-3,5-9H,4H2;1-2H3. The molecule has 0 fully saturated rings. The van der Waals surface area contributed by atoms with Crippen LogP contribution in [0.3, 0.4) is 0 Å². The smallest absolute Gasteiger partial charge is 0.134 e. The van der Waals surface area contributed by atoms with Crippen LogP contribution in [0.5, 0.6) is 5.75 Å². The summed E-state index contributed by atoms with van der Waals surface area (Å²) in [6, 6.07) is 8.10. The van der Waals surface area contributed by atoms with E-state index in [0.717, 1.165) is 23.5 Å². The maximum Gasteiger partial charge on any atom is 0.134 e. The lowest BCUT2D eigenvalue weighted by Gasteiger charge is -2.20. The Hall–Kier alpha value is -1.76. The topological polar surface area (TPSA) is 9.23 Å². The molecule has 1 heteroatoms. The number of hydrogen-bond acceptors (Lipinski definition) is 1. The zero-order chi connectivity index (χ0) is 11.4. The van der Waals surface area contributed by atoms with E-state index < -0.39 is 0 Å². The largest absolute Gasteiger partial charge is 0.456 e. The third kappa shape index (κ3) is 1.94. The Morgan fingerprint density at radius 3 is 2.81 bits per heavy atom. The minimum absolute atomic E-state index is 0.956. The van der Waals surface area contributed by atoms with E-state index in [1.54, 1.807) is 0 Å². The normalized spacial score (nSPS) is 15.6. The van der Waals surface area contributed by atoms with Gasteiger partial charge in [-0.25, -0.2) is 0 Å². The van der Waals surface area contributed by atoms with E-state index in [1.165, 1.54) is 5.57 Å². The molecule has 16 heavy (non-hydrogen) atoms. The van der Waals surface area contributed by atoms with E-state index >= 15 is 0 Å². The Morgan fingerprint density at radius 2 is 1.94 bits per heavy atom. The van der Waals surface area contributed by atoms with Crippen molar-refractivity contribution in [3.63, 3.8) is 0 Å². The number of fused-ring (bicyclic) bond motifs is 2. The lowest BCUT2D eigenvalue weighted by molar-refractivity contribution is 0.431. The molecule has 1 aromatic carbocycles. The summed E-state index contributed by atoms with van der Waals surface area (Å²) in [4.78, 5) is 0. The average Bonchev–Trinajstić information content (AvgIpc) is 2.38. The van der Waals surface area contributed by atoms with Crippen LogP contribution < -0.4 is 4.74 Å². The van der Waals surface area contributed by atoms with Gasteiger partial charge in [-0.1, -0.05) is 44.2 Å². The Kier molecular flexibility index (Phi) is 3.25. The fourth-order valence-electron chi connectivity index (χ4n) is 1.77. The molecular formula is C15H16O. The van der Waals surface area contributed by atoms with E-state index in [2.05, 4.69) is 30.4 Å². The molecule has 2 aliphatic rings. The highest BCUT2D eigenvalue weighted by molar-refractivity contribution is 5.69. The summed E-state index contributed by atoms with van der Waals surface area (Å²) in [5, 5.41) is 0. The predicted octanol–water partition coefficient (Wildman–Crippen LogP) is 4.33. The van der Waals surface area contributed by atoms with Crippen LogP contribution >= 0.6 is 0 Å². The first-order valence-corrected chi connectivity index (χ1v) is 5.79. The van der Waals surface area contributed by atoms with Crippen molar-refractivity contribution in [2.75, 3.05) is 0 Å². The van der Waals surface area contributed by atoms with Crippen molar-refractivity contribution in [3.05, 3.63) is 59.4 Å². The van der Waals surface area contributed by atoms with Gasteiger partial charge in [0.2, 0.25) is 0 Å². The monoisotopic (exact) mass is 212 g/mol. The molecule has 0 aromatic heterocycles. The van der Waals surface area contributed by atoms with Gasteiger partial charge in [-0.3, -0.25) is 0 Å². The van der Waals surface area contributed by atoms with E-state index in [0.29, 0.717) is 0 Å². The molecule has 0 saturated carbocycles. The molecule has 0 spiro atoms. The number of allylic oxidation sites excluding steroid dienone is 3. The van der Waals surface area contributed by atoms with Crippen LogP contribution in [0, 0.1) is 0 Å². The van der Waals surface area contributed by atoms with Gasteiger partial charge in [0.25, 0.3) is 0 Å². The molecule has 1 nitrogen and oxygen atoms in total. The van der Waals surface area contributed by atoms with Crippen molar-refractivity contribution < 1.29 is 4.74 Å². The highest BCUT2D eigenvalue weighted by Crippen LogP contribution is 2.33. The van der Waals surface area contributed by atoms with Gasteiger partial charge in [0, 0.05) is 11.1 Å². The van der Waals surface area contributed by atoms with Gasteiger partial charge in [-0.15, -0.1) is 0 Å². The second-order valence-electron chi connectivity index (χ2n) is 3.45. The van der Waals surface area contributed by atoms with Gasteiger partial charge in [0.1, 0.15) is 11.5 Å². The maximum absolute atomic E-state index is 5.78. The number of para-hydroxylation sites is 1. The van der Waals surface area contributed by atoms with Crippen LogP contribution in [0.1, 0.15) is 25.8 Å². The zero-order valence-corrected chi connectivity index (χ0v) is 9.73. The van der Waals surface area contributed by atoms with Crippen LogP contribution in [-0.2, 0) is 0 Å². The van der Waals surface area contributed by atoms with Crippen molar-refractivity contribution in [3.8, 4) is 5.75 Å². The van der Waals surface area contributed by atoms with Gasteiger partial charge in [0.05, 0.1) is 0 Å². The van der Waals surface area contributed by atoms with Crippen molar-refractivity contribution in [1.82, 2.24) is 0 Å². The van der Waals surface area contributed by atoms with Crippen LogP contribution in [0.25, 0.3) is 6.08 Å². The molecule has 82 valence electrons. The van der Waals surface area contributed by atoms with Crippen LogP contribution in [0.2, 0.25) is 0 Å². The summed E-state index contributed by atoms with van der Waals surface area (Å²) < 4.78 is 5.78. The molecule has 0 bridgehead atoms. The second kappa shape index (κ2) is 4.84. The highest BCUT2D eigenvalue weighted by Gasteiger charge is 2.15. The minimum atomic E-state index is 0.956. The van der Waals surface area contributed by atoms with Crippen molar-refractivity contribution in [2.24, 2.45) is 0 Å². The number of hydrogen-bond donors (Lipinski definition) is 0. The quantitative estimate of drug-likeness (QED) is 0.622. The van der Waals surface area contributed by atoms with Gasteiger partial charge in [-0.05, 0) is 24.6 Å². The fourth-order valence-corrected chi connectivity index (χ4v) is 1.77. The maximum atomic E-state index is 5.78. The van der Waals surface area contributed by atoms with Crippen LogP contribution in [0.15, 0.2) is 53.8 Å². The summed E-state index contributed by atoms with van der Waals surface area (Å²) >= 11 is 0. The SMILES string of the molecule is C1=CC2=Cc3ccccc3OC2=CC1.CC. The van der Waals surface area contributed by atoms with Gasteiger partial charge >= 0.3 is 0 Å². The van der Waals surface area contributed by atoms with Crippen molar-refractivity contribution >= 4 is 6.08 Å². The summed E-state index contributed by atoms with van der Waals surface area (Å²) in [7, 11) is 0. The third-order valence-electron chi connectivity index (χ3n) is 2.47. The molecule has 0 radical (unpaired) electrons. The van der Waals surface area contributed by atoms with Gasteiger partial charge < -0.3 is 4.74 Å². The summed E-state index contributed by atoms with van der Waals surface area (Å²) in [5.41, 5.74) is 2.33. The molecular weight excluding hydrogens is 196 g/mol. The Balaban J connectivity index is 0.000000457. The van der Waals surface area contributed by atoms with E-state index in [1.807, 2.05) is 32.0 Å². The van der Waals surface area contributed by atoms with Crippen LogP contribution in [-0.4, -0.2) is 0 Å². The predicted molar refractivity (Wildman–Crippen MR) is 68.2 cm³/mol. The Morgan fingerprint density at radius 1 is 1.12 bits per heavy atom. The first-order valence-electron chi connectivity index (χ1n) is 5.79. The Labute approximate surface area is 96.8 Å². The molecule has 1 aliphatic heterocycles. The molecule has 0 N–H and O–H groups in total. The molecule has 1 aromatic rings. The van der Waals surface area contributed by atoms with Crippen molar-refractivity contribution in [2.45, 2.75) is 20.3 Å². The molecule has 1 heterocycles. The first-order chi connectivity index (χ1) is 7.93. The Bertz CT molecular complexity index is 464. The van der Waals surface area contributed by atoms with Crippen molar-refractivity contribution in [1.29, 1.82) is 0 Å². The van der Waals surface area contributed by atoms with E-state index in [-0.39, 0.29) is 0 Å². The molecule has 0 amide bonds. The summed E-state index contributed by atoms with van der Waals surface area (Å²) in [5.74, 6) is 1.95. The molecule has 0 atom stereocenters. The van der Waals surface area contributed by atoms with Gasteiger partial charge in [0.15, 0.2) is 0 Å². The molecule has 0 saturated heterocycles. The number of benzene rings is 1. The van der Waals surface area contributed by atoms with Gasteiger partial charge in [-0.2, -0.15) is 0 Å². The lowest BCUT2D eigenvalue weighted by Crippen LogP contribution is -2.05.